The highest BCUT2D eigenvalue weighted by atomic mass is 32.2. The van der Waals surface area contributed by atoms with Crippen LogP contribution in [-0.2, 0) is 9.53 Å². The summed E-state index contributed by atoms with van der Waals surface area (Å²) in [6.07, 6.45) is 3.59. The van der Waals surface area contributed by atoms with E-state index in [-0.39, 0.29) is 0 Å². The summed E-state index contributed by atoms with van der Waals surface area (Å²) in [5, 5.41) is 0.325. The van der Waals surface area contributed by atoms with E-state index in [2.05, 4.69) is 11.8 Å². The molecule has 0 aromatic carbocycles. The van der Waals surface area contributed by atoms with Crippen molar-refractivity contribution < 1.29 is 9.53 Å². The minimum Gasteiger partial charge on any atom is -0.450 e. The van der Waals surface area contributed by atoms with Crippen molar-refractivity contribution in [2.24, 2.45) is 0 Å². The van der Waals surface area contributed by atoms with Gasteiger partial charge in [0.25, 0.3) is 0 Å². The summed E-state index contributed by atoms with van der Waals surface area (Å²) in [5.41, 5.74) is -0.439. The SMILES string of the molecule is CC(C)(C)OC(=O)C#CC1CCCCS1. The van der Waals surface area contributed by atoms with E-state index < -0.39 is 11.6 Å². The fraction of sp³-hybridized carbons (Fsp3) is 0.750. The van der Waals surface area contributed by atoms with Gasteiger partial charge in [-0.1, -0.05) is 12.3 Å². The Morgan fingerprint density at radius 3 is 2.67 bits per heavy atom. The second kappa shape index (κ2) is 5.46. The maximum Gasteiger partial charge on any atom is 0.384 e. The molecule has 1 saturated heterocycles. The summed E-state index contributed by atoms with van der Waals surface area (Å²) < 4.78 is 5.11. The van der Waals surface area contributed by atoms with Crippen LogP contribution < -0.4 is 0 Å². The first-order valence-electron chi connectivity index (χ1n) is 5.33. The van der Waals surface area contributed by atoms with Crippen LogP contribution >= 0.6 is 11.8 Å². The maximum absolute atomic E-state index is 11.3. The number of carbonyl (C=O) groups is 1. The summed E-state index contributed by atoms with van der Waals surface area (Å²) in [6.45, 7) is 5.55. The fourth-order valence-corrected chi connectivity index (χ4v) is 2.43. The molecular formula is C12H18O2S. The molecule has 1 heterocycles. The molecule has 0 N–H and O–H groups in total. The molecule has 0 amide bonds. The zero-order valence-electron chi connectivity index (χ0n) is 9.63. The van der Waals surface area contributed by atoms with Crippen molar-refractivity contribution in [3.05, 3.63) is 0 Å². The molecular weight excluding hydrogens is 208 g/mol. The second-order valence-corrected chi connectivity index (χ2v) is 5.94. The van der Waals surface area contributed by atoms with Gasteiger partial charge < -0.3 is 4.74 Å². The Bertz CT molecular complexity index is 274. The molecule has 84 valence electrons. The predicted octanol–water partition coefficient (Wildman–Crippen LogP) is 2.62. The van der Waals surface area contributed by atoms with Crippen molar-refractivity contribution >= 4 is 17.7 Å². The Labute approximate surface area is 96.1 Å². The summed E-state index contributed by atoms with van der Waals surface area (Å²) in [7, 11) is 0. The Morgan fingerprint density at radius 1 is 1.40 bits per heavy atom. The summed E-state index contributed by atoms with van der Waals surface area (Å²) in [6, 6.07) is 0. The van der Waals surface area contributed by atoms with E-state index in [0.717, 1.165) is 12.2 Å². The number of carbonyl (C=O) groups excluding carboxylic acids is 1. The summed E-state index contributed by atoms with van der Waals surface area (Å²) in [4.78, 5) is 11.3. The first kappa shape index (κ1) is 12.4. The van der Waals surface area contributed by atoms with Gasteiger partial charge in [-0.15, -0.1) is 11.8 Å². The molecule has 0 aromatic heterocycles. The van der Waals surface area contributed by atoms with Crippen LogP contribution in [0, 0.1) is 11.8 Å². The number of ether oxygens (including phenoxy) is 1. The zero-order chi connectivity index (χ0) is 11.3. The van der Waals surface area contributed by atoms with E-state index >= 15 is 0 Å². The van der Waals surface area contributed by atoms with Gasteiger partial charge in [0, 0.05) is 5.92 Å². The van der Waals surface area contributed by atoms with Gasteiger partial charge in [0.05, 0.1) is 5.25 Å². The van der Waals surface area contributed by atoms with E-state index in [0.29, 0.717) is 5.25 Å². The van der Waals surface area contributed by atoms with Crippen LogP contribution in [0.25, 0.3) is 0 Å². The Hall–Kier alpha value is -0.620. The third kappa shape index (κ3) is 5.74. The number of rotatable bonds is 0. The van der Waals surface area contributed by atoms with Crippen LogP contribution in [0.2, 0.25) is 0 Å². The largest absolute Gasteiger partial charge is 0.450 e. The average Bonchev–Trinajstić information content (AvgIpc) is 2.14. The highest BCUT2D eigenvalue weighted by Crippen LogP contribution is 2.24. The Morgan fingerprint density at radius 2 is 2.13 bits per heavy atom. The maximum atomic E-state index is 11.3. The van der Waals surface area contributed by atoms with Crippen molar-refractivity contribution in [3.63, 3.8) is 0 Å². The van der Waals surface area contributed by atoms with Gasteiger partial charge in [-0.2, -0.15) is 0 Å². The van der Waals surface area contributed by atoms with E-state index in [9.17, 15) is 4.79 Å². The Kier molecular flexibility index (Phi) is 4.53. The van der Waals surface area contributed by atoms with Gasteiger partial charge in [-0.3, -0.25) is 0 Å². The molecule has 0 aliphatic carbocycles. The molecule has 1 unspecified atom stereocenters. The first-order valence-corrected chi connectivity index (χ1v) is 6.38. The molecule has 15 heavy (non-hydrogen) atoms. The van der Waals surface area contributed by atoms with Crippen LogP contribution in [0.3, 0.4) is 0 Å². The number of thioether (sulfide) groups is 1. The van der Waals surface area contributed by atoms with E-state index in [1.165, 1.54) is 12.8 Å². The summed E-state index contributed by atoms with van der Waals surface area (Å²) in [5.74, 6) is 6.31. The lowest BCUT2D eigenvalue weighted by atomic mass is 10.2. The molecule has 3 heteroatoms. The van der Waals surface area contributed by atoms with Gasteiger partial charge in [0.2, 0.25) is 0 Å². The van der Waals surface area contributed by atoms with Crippen LogP contribution in [-0.4, -0.2) is 22.6 Å². The van der Waals surface area contributed by atoms with E-state index in [1.807, 2.05) is 32.5 Å². The Balaban J connectivity index is 2.39. The van der Waals surface area contributed by atoms with Gasteiger partial charge in [0.1, 0.15) is 5.60 Å². The van der Waals surface area contributed by atoms with Crippen molar-refractivity contribution in [1.29, 1.82) is 0 Å². The zero-order valence-corrected chi connectivity index (χ0v) is 10.4. The molecule has 1 aliphatic rings. The lowest BCUT2D eigenvalue weighted by molar-refractivity contribution is -0.147. The molecule has 0 spiro atoms. The number of hydrogen-bond donors (Lipinski definition) is 0. The molecule has 0 bridgehead atoms. The quantitative estimate of drug-likeness (QED) is 0.361. The highest BCUT2D eigenvalue weighted by molar-refractivity contribution is 8.00. The lowest BCUT2D eigenvalue weighted by Crippen LogP contribution is -2.23. The van der Waals surface area contributed by atoms with Crippen LogP contribution in [0.5, 0.6) is 0 Å². The fourth-order valence-electron chi connectivity index (χ4n) is 1.30. The van der Waals surface area contributed by atoms with Gasteiger partial charge in [-0.05, 0) is 39.4 Å². The van der Waals surface area contributed by atoms with Crippen molar-refractivity contribution in [3.8, 4) is 11.8 Å². The predicted molar refractivity (Wildman–Crippen MR) is 63.7 cm³/mol. The number of esters is 1. The molecule has 0 radical (unpaired) electrons. The number of hydrogen-bond acceptors (Lipinski definition) is 3. The lowest BCUT2D eigenvalue weighted by Gasteiger charge is -2.17. The minimum absolute atomic E-state index is 0.325. The second-order valence-electron chi connectivity index (χ2n) is 4.63. The van der Waals surface area contributed by atoms with E-state index in [4.69, 9.17) is 4.74 Å². The minimum atomic E-state index is -0.439. The summed E-state index contributed by atoms with van der Waals surface area (Å²) >= 11 is 1.84. The molecule has 1 rings (SSSR count). The normalized spacial score (nSPS) is 21.4. The third-order valence-corrected chi connectivity index (χ3v) is 3.19. The molecule has 2 nitrogen and oxygen atoms in total. The topological polar surface area (TPSA) is 26.3 Å². The van der Waals surface area contributed by atoms with Crippen molar-refractivity contribution in [2.45, 2.75) is 50.9 Å². The standard InChI is InChI=1S/C12H18O2S/c1-12(2,3)14-11(13)8-7-10-6-4-5-9-15-10/h10H,4-6,9H2,1-3H3. The van der Waals surface area contributed by atoms with Crippen molar-refractivity contribution in [1.82, 2.24) is 0 Å². The van der Waals surface area contributed by atoms with Crippen LogP contribution in [0.1, 0.15) is 40.0 Å². The third-order valence-electron chi connectivity index (χ3n) is 1.91. The van der Waals surface area contributed by atoms with Crippen LogP contribution in [0.4, 0.5) is 0 Å². The van der Waals surface area contributed by atoms with Gasteiger partial charge >= 0.3 is 5.97 Å². The monoisotopic (exact) mass is 226 g/mol. The highest BCUT2D eigenvalue weighted by Gasteiger charge is 2.15. The average molecular weight is 226 g/mol. The molecule has 0 saturated carbocycles. The molecule has 1 fully saturated rings. The molecule has 1 aliphatic heterocycles. The smallest absolute Gasteiger partial charge is 0.384 e. The van der Waals surface area contributed by atoms with Crippen LogP contribution in [0.15, 0.2) is 0 Å². The van der Waals surface area contributed by atoms with E-state index in [1.54, 1.807) is 0 Å². The van der Waals surface area contributed by atoms with Gasteiger partial charge in [-0.25, -0.2) is 4.79 Å². The molecule has 0 aromatic rings. The first-order chi connectivity index (χ1) is 6.97. The van der Waals surface area contributed by atoms with Crippen molar-refractivity contribution in [2.75, 3.05) is 5.75 Å². The van der Waals surface area contributed by atoms with Gasteiger partial charge in [0.15, 0.2) is 0 Å². The molecule has 1 atom stereocenters.